The van der Waals surface area contributed by atoms with E-state index in [0.29, 0.717) is 10.4 Å². The van der Waals surface area contributed by atoms with Gasteiger partial charge in [-0.2, -0.15) is 22.7 Å². The molecule has 0 saturated carbocycles. The number of rotatable bonds is 6. The molecular weight excluding hydrogens is 374 g/mol. The number of aromatic nitrogens is 2. The van der Waals surface area contributed by atoms with E-state index >= 15 is 0 Å². The summed E-state index contributed by atoms with van der Waals surface area (Å²) in [4.78, 5) is 12.5. The molecule has 4 nitrogen and oxygen atoms in total. The smallest absolute Gasteiger partial charge is 0.322 e. The standard InChI is InChI=1S/C20H25F4N3O/c1-6-19(3,4)11-12(2)13-9-7-8-10-14(13)25-18(28)15-16(20(22,23)24)26-27(5)17(15)21/h7-10,12H,6,11H2,1-5H3,(H,25,28). The zero-order valence-electron chi connectivity index (χ0n) is 16.6. The first-order valence-electron chi connectivity index (χ1n) is 9.07. The SMILES string of the molecule is CCC(C)(C)CC(C)c1ccccc1NC(=O)c1c(C(F)(F)F)nn(C)c1F. The molecule has 8 heteroatoms. The lowest BCUT2D eigenvalue weighted by Gasteiger charge is -2.28. The topological polar surface area (TPSA) is 46.9 Å². The van der Waals surface area contributed by atoms with Crippen molar-refractivity contribution in [2.75, 3.05) is 5.32 Å². The lowest BCUT2D eigenvalue weighted by molar-refractivity contribution is -0.141. The predicted molar refractivity (Wildman–Crippen MR) is 99.7 cm³/mol. The summed E-state index contributed by atoms with van der Waals surface area (Å²) in [7, 11) is 1.02. The van der Waals surface area contributed by atoms with Crippen LogP contribution in [-0.4, -0.2) is 15.7 Å². The van der Waals surface area contributed by atoms with Crippen molar-refractivity contribution >= 4 is 11.6 Å². The summed E-state index contributed by atoms with van der Waals surface area (Å²) < 4.78 is 54.0. The Morgan fingerprint density at radius 3 is 2.43 bits per heavy atom. The van der Waals surface area contributed by atoms with Crippen molar-refractivity contribution in [2.45, 2.75) is 52.6 Å². The number of anilines is 1. The second-order valence-corrected chi connectivity index (χ2v) is 7.80. The summed E-state index contributed by atoms with van der Waals surface area (Å²) in [6.45, 7) is 8.34. The van der Waals surface area contributed by atoms with E-state index in [1.165, 1.54) is 0 Å². The zero-order valence-corrected chi connectivity index (χ0v) is 16.6. The van der Waals surface area contributed by atoms with Crippen LogP contribution in [0.15, 0.2) is 24.3 Å². The molecule has 154 valence electrons. The van der Waals surface area contributed by atoms with Crippen molar-refractivity contribution in [3.63, 3.8) is 0 Å². The van der Waals surface area contributed by atoms with Crippen LogP contribution < -0.4 is 5.32 Å². The fourth-order valence-electron chi connectivity index (χ4n) is 3.21. The minimum atomic E-state index is -4.94. The average Bonchev–Trinajstić information content (AvgIpc) is 2.90. The molecule has 1 amide bonds. The molecule has 1 unspecified atom stereocenters. The summed E-state index contributed by atoms with van der Waals surface area (Å²) in [6, 6.07) is 6.88. The third-order valence-corrected chi connectivity index (χ3v) is 5.03. The van der Waals surface area contributed by atoms with E-state index in [0.717, 1.165) is 25.5 Å². The molecule has 2 rings (SSSR count). The first-order chi connectivity index (χ1) is 12.9. The van der Waals surface area contributed by atoms with Crippen LogP contribution in [0.4, 0.5) is 23.2 Å². The Balaban J connectivity index is 2.37. The number of hydrogen-bond acceptors (Lipinski definition) is 2. The molecule has 1 atom stereocenters. The second-order valence-electron chi connectivity index (χ2n) is 7.80. The molecule has 0 saturated heterocycles. The van der Waals surface area contributed by atoms with Gasteiger partial charge in [0.15, 0.2) is 5.69 Å². The monoisotopic (exact) mass is 399 g/mol. The molecule has 1 N–H and O–H groups in total. The first-order valence-corrected chi connectivity index (χ1v) is 9.07. The van der Waals surface area contributed by atoms with Crippen molar-refractivity contribution in [3.8, 4) is 0 Å². The van der Waals surface area contributed by atoms with E-state index in [1.54, 1.807) is 18.2 Å². The van der Waals surface area contributed by atoms with Crippen LogP contribution >= 0.6 is 0 Å². The van der Waals surface area contributed by atoms with Crippen LogP contribution in [-0.2, 0) is 13.2 Å². The Kier molecular flexibility index (Phi) is 6.21. The third kappa shape index (κ3) is 4.72. The highest BCUT2D eigenvalue weighted by molar-refractivity contribution is 6.05. The molecule has 1 aromatic heterocycles. The Bertz CT molecular complexity index is 856. The number of benzene rings is 1. The van der Waals surface area contributed by atoms with Gasteiger partial charge in [-0.3, -0.25) is 4.79 Å². The van der Waals surface area contributed by atoms with Crippen LogP contribution in [0, 0.1) is 11.4 Å². The number of amides is 1. The lowest BCUT2D eigenvalue weighted by atomic mass is 9.78. The number of nitrogens with one attached hydrogen (secondary N) is 1. The number of nitrogens with zero attached hydrogens (tertiary/aromatic N) is 2. The van der Waals surface area contributed by atoms with Crippen LogP contribution in [0.2, 0.25) is 0 Å². The molecule has 0 bridgehead atoms. The zero-order chi connectivity index (χ0) is 21.3. The van der Waals surface area contributed by atoms with E-state index in [-0.39, 0.29) is 11.3 Å². The number of para-hydroxylation sites is 1. The van der Waals surface area contributed by atoms with Gasteiger partial charge in [0.25, 0.3) is 5.91 Å². The molecule has 1 aromatic carbocycles. The highest BCUT2D eigenvalue weighted by atomic mass is 19.4. The number of hydrogen-bond donors (Lipinski definition) is 1. The van der Waals surface area contributed by atoms with Gasteiger partial charge in [-0.15, -0.1) is 0 Å². The number of aryl methyl sites for hydroxylation is 1. The lowest BCUT2D eigenvalue weighted by Crippen LogP contribution is -2.20. The molecule has 0 aliphatic heterocycles. The predicted octanol–water partition coefficient (Wildman–Crippen LogP) is 5.76. The number of halogens is 4. The van der Waals surface area contributed by atoms with Crippen LogP contribution in [0.1, 0.15) is 68.1 Å². The van der Waals surface area contributed by atoms with Crippen LogP contribution in [0.3, 0.4) is 0 Å². The maximum atomic E-state index is 14.2. The number of carbonyl (C=O) groups excluding carboxylic acids is 1. The van der Waals surface area contributed by atoms with Crippen molar-refractivity contribution in [1.29, 1.82) is 0 Å². The first kappa shape index (κ1) is 21.9. The summed E-state index contributed by atoms with van der Waals surface area (Å²) in [5.74, 6) is -2.46. The Hall–Kier alpha value is -2.38. The maximum Gasteiger partial charge on any atom is 0.436 e. The fraction of sp³-hybridized carbons (Fsp3) is 0.500. The summed E-state index contributed by atoms with van der Waals surface area (Å²) in [6.07, 6.45) is -3.15. The largest absolute Gasteiger partial charge is 0.436 e. The summed E-state index contributed by atoms with van der Waals surface area (Å²) in [5.41, 5.74) is -1.43. The molecular formula is C20H25F4N3O. The van der Waals surface area contributed by atoms with Gasteiger partial charge in [0.05, 0.1) is 0 Å². The normalized spacial score (nSPS) is 13.5. The minimum Gasteiger partial charge on any atom is -0.322 e. The van der Waals surface area contributed by atoms with Crippen LogP contribution in [0.25, 0.3) is 0 Å². The minimum absolute atomic E-state index is 0.0484. The van der Waals surface area contributed by atoms with Crippen molar-refractivity contribution in [2.24, 2.45) is 12.5 Å². The Morgan fingerprint density at radius 1 is 1.25 bits per heavy atom. The molecule has 0 fully saturated rings. The Labute approximate surface area is 161 Å². The van der Waals surface area contributed by atoms with Gasteiger partial charge < -0.3 is 5.32 Å². The number of carbonyl (C=O) groups is 1. The quantitative estimate of drug-likeness (QED) is 0.628. The van der Waals surface area contributed by atoms with E-state index in [1.807, 2.05) is 13.0 Å². The van der Waals surface area contributed by atoms with E-state index in [2.05, 4.69) is 31.2 Å². The van der Waals surface area contributed by atoms with Gasteiger partial charge >= 0.3 is 6.18 Å². The number of alkyl halides is 3. The molecule has 0 aliphatic carbocycles. The van der Waals surface area contributed by atoms with Gasteiger partial charge in [-0.1, -0.05) is 52.3 Å². The fourth-order valence-corrected chi connectivity index (χ4v) is 3.21. The molecule has 0 aliphatic rings. The molecule has 0 radical (unpaired) electrons. The molecule has 0 spiro atoms. The Morgan fingerprint density at radius 2 is 1.86 bits per heavy atom. The molecule has 2 aromatic rings. The summed E-state index contributed by atoms with van der Waals surface area (Å²) in [5, 5.41) is 5.56. The maximum absolute atomic E-state index is 14.2. The van der Waals surface area contributed by atoms with E-state index in [9.17, 15) is 22.4 Å². The molecule has 28 heavy (non-hydrogen) atoms. The molecule has 1 heterocycles. The second kappa shape index (κ2) is 7.93. The van der Waals surface area contributed by atoms with E-state index in [4.69, 9.17) is 0 Å². The summed E-state index contributed by atoms with van der Waals surface area (Å²) >= 11 is 0. The highest BCUT2D eigenvalue weighted by Crippen LogP contribution is 2.37. The van der Waals surface area contributed by atoms with Crippen molar-refractivity contribution in [1.82, 2.24) is 9.78 Å². The average molecular weight is 399 g/mol. The van der Waals surface area contributed by atoms with Gasteiger partial charge in [0, 0.05) is 12.7 Å². The van der Waals surface area contributed by atoms with Gasteiger partial charge in [0.2, 0.25) is 5.95 Å². The van der Waals surface area contributed by atoms with Gasteiger partial charge in [-0.25, -0.2) is 4.68 Å². The van der Waals surface area contributed by atoms with Gasteiger partial charge in [0.1, 0.15) is 5.56 Å². The van der Waals surface area contributed by atoms with Crippen molar-refractivity contribution < 1.29 is 22.4 Å². The van der Waals surface area contributed by atoms with Crippen molar-refractivity contribution in [3.05, 3.63) is 47.0 Å². The van der Waals surface area contributed by atoms with Gasteiger partial charge in [-0.05, 0) is 29.4 Å². The highest BCUT2D eigenvalue weighted by Gasteiger charge is 2.41. The van der Waals surface area contributed by atoms with Crippen LogP contribution in [0.5, 0.6) is 0 Å². The van der Waals surface area contributed by atoms with E-state index < -0.39 is 29.3 Å². The third-order valence-electron chi connectivity index (χ3n) is 5.03.